The van der Waals surface area contributed by atoms with E-state index in [1.807, 2.05) is 0 Å². The Morgan fingerprint density at radius 1 is 1.38 bits per heavy atom. The number of nitrogens with two attached hydrogens (primary N) is 1. The third-order valence-electron chi connectivity index (χ3n) is 3.44. The number of carbonyl (C=O) groups excluding carboxylic acids is 1. The molecular weight excluding hydrogens is 287 g/mol. The second-order valence-corrected chi connectivity index (χ2v) is 5.14. The molecule has 1 aliphatic heterocycles. The molecule has 1 aromatic rings. The van der Waals surface area contributed by atoms with Crippen molar-refractivity contribution in [1.82, 2.24) is 19.6 Å². The number of alkyl halides is 3. The number of rotatable bonds is 3. The SMILES string of the molecule is Cn1cc(C(N)C(=O)N2CCN(CC(F)(F)F)CC2)cn1. The number of amides is 1. The molecule has 21 heavy (non-hydrogen) atoms. The Hall–Kier alpha value is -1.61. The summed E-state index contributed by atoms with van der Waals surface area (Å²) in [6.45, 7) is -0.0363. The van der Waals surface area contributed by atoms with Crippen molar-refractivity contribution in [3.8, 4) is 0 Å². The van der Waals surface area contributed by atoms with Crippen LogP contribution in [0, 0.1) is 0 Å². The van der Waals surface area contributed by atoms with Gasteiger partial charge < -0.3 is 10.6 Å². The Morgan fingerprint density at radius 2 is 2.00 bits per heavy atom. The molecular formula is C12H18F3N5O. The minimum absolute atomic E-state index is 0.199. The second-order valence-electron chi connectivity index (χ2n) is 5.14. The largest absolute Gasteiger partial charge is 0.401 e. The fraction of sp³-hybridized carbons (Fsp3) is 0.667. The van der Waals surface area contributed by atoms with Gasteiger partial charge in [-0.2, -0.15) is 18.3 Å². The molecule has 0 spiro atoms. The zero-order valence-electron chi connectivity index (χ0n) is 11.7. The van der Waals surface area contributed by atoms with Gasteiger partial charge in [0.2, 0.25) is 5.91 Å². The van der Waals surface area contributed by atoms with Crippen LogP contribution in [-0.2, 0) is 11.8 Å². The molecule has 1 unspecified atom stereocenters. The summed E-state index contributed by atoms with van der Waals surface area (Å²) in [6, 6.07) is -0.826. The summed E-state index contributed by atoms with van der Waals surface area (Å²) >= 11 is 0. The van der Waals surface area contributed by atoms with Crippen molar-refractivity contribution in [2.45, 2.75) is 12.2 Å². The molecule has 1 aromatic heterocycles. The number of hydrogen-bond donors (Lipinski definition) is 1. The number of aromatic nitrogens is 2. The van der Waals surface area contributed by atoms with E-state index in [1.54, 1.807) is 17.9 Å². The highest BCUT2D eigenvalue weighted by atomic mass is 19.4. The van der Waals surface area contributed by atoms with E-state index >= 15 is 0 Å². The van der Waals surface area contributed by atoms with Crippen molar-refractivity contribution < 1.29 is 18.0 Å². The summed E-state index contributed by atoms with van der Waals surface area (Å²) < 4.78 is 38.4. The van der Waals surface area contributed by atoms with Crippen LogP contribution in [0.5, 0.6) is 0 Å². The normalized spacial score (nSPS) is 18.8. The van der Waals surface area contributed by atoms with E-state index in [0.29, 0.717) is 5.56 Å². The van der Waals surface area contributed by atoms with Crippen LogP contribution >= 0.6 is 0 Å². The summed E-state index contributed by atoms with van der Waals surface area (Å²) in [6.07, 6.45) is -1.04. The minimum Gasteiger partial charge on any atom is -0.338 e. The Balaban J connectivity index is 1.88. The Labute approximate surface area is 120 Å². The number of hydrogen-bond acceptors (Lipinski definition) is 4. The molecule has 1 fully saturated rings. The molecule has 0 radical (unpaired) electrons. The predicted molar refractivity (Wildman–Crippen MR) is 69.2 cm³/mol. The van der Waals surface area contributed by atoms with Crippen molar-refractivity contribution in [3.63, 3.8) is 0 Å². The van der Waals surface area contributed by atoms with Gasteiger partial charge in [-0.3, -0.25) is 14.4 Å². The van der Waals surface area contributed by atoms with Crippen LogP contribution in [0.4, 0.5) is 13.2 Å². The van der Waals surface area contributed by atoms with Gasteiger partial charge in [0, 0.05) is 45.0 Å². The molecule has 118 valence electrons. The highest BCUT2D eigenvalue weighted by Gasteiger charge is 2.33. The summed E-state index contributed by atoms with van der Waals surface area (Å²) in [5.41, 5.74) is 6.48. The third-order valence-corrected chi connectivity index (χ3v) is 3.44. The third kappa shape index (κ3) is 4.18. The Bertz CT molecular complexity index is 493. The van der Waals surface area contributed by atoms with E-state index in [0.717, 1.165) is 0 Å². The van der Waals surface area contributed by atoms with Crippen molar-refractivity contribution in [2.75, 3.05) is 32.7 Å². The molecule has 2 N–H and O–H groups in total. The maximum absolute atomic E-state index is 12.3. The maximum atomic E-state index is 12.3. The van der Waals surface area contributed by atoms with E-state index in [1.165, 1.54) is 16.0 Å². The monoisotopic (exact) mass is 305 g/mol. The highest BCUT2D eigenvalue weighted by Crippen LogP contribution is 2.19. The van der Waals surface area contributed by atoms with Gasteiger partial charge >= 0.3 is 6.18 Å². The zero-order valence-corrected chi connectivity index (χ0v) is 11.7. The predicted octanol–water partition coefficient (Wildman–Crippen LogP) is 0.126. The van der Waals surface area contributed by atoms with E-state index in [-0.39, 0.29) is 32.1 Å². The molecule has 1 saturated heterocycles. The first-order chi connectivity index (χ1) is 9.76. The summed E-state index contributed by atoms with van der Waals surface area (Å²) in [5.74, 6) is -0.283. The molecule has 0 bridgehead atoms. The molecule has 0 saturated carbocycles. The summed E-state index contributed by atoms with van der Waals surface area (Å²) in [7, 11) is 1.72. The smallest absolute Gasteiger partial charge is 0.338 e. The highest BCUT2D eigenvalue weighted by molar-refractivity contribution is 5.83. The topological polar surface area (TPSA) is 67.4 Å². The number of piperazine rings is 1. The zero-order chi connectivity index (χ0) is 15.6. The van der Waals surface area contributed by atoms with Crippen LogP contribution in [0.15, 0.2) is 12.4 Å². The van der Waals surface area contributed by atoms with E-state index in [9.17, 15) is 18.0 Å². The fourth-order valence-corrected chi connectivity index (χ4v) is 2.32. The van der Waals surface area contributed by atoms with Crippen LogP contribution in [0.25, 0.3) is 0 Å². The fourth-order valence-electron chi connectivity index (χ4n) is 2.32. The molecule has 1 amide bonds. The van der Waals surface area contributed by atoms with Crippen LogP contribution < -0.4 is 5.73 Å². The van der Waals surface area contributed by atoms with Gasteiger partial charge in [-0.1, -0.05) is 0 Å². The lowest BCUT2D eigenvalue weighted by atomic mass is 10.1. The molecule has 2 rings (SSSR count). The van der Waals surface area contributed by atoms with Crippen LogP contribution in [-0.4, -0.2) is 64.4 Å². The lowest BCUT2D eigenvalue weighted by Crippen LogP contribution is -2.52. The molecule has 1 aliphatic rings. The van der Waals surface area contributed by atoms with Crippen molar-refractivity contribution >= 4 is 5.91 Å². The van der Waals surface area contributed by atoms with E-state index < -0.39 is 18.8 Å². The molecule has 2 heterocycles. The first kappa shape index (κ1) is 15.8. The standard InChI is InChI=1S/C12H18F3N5O/c1-18-7-9(6-17-18)10(16)11(21)20-4-2-19(3-5-20)8-12(13,14)15/h6-7,10H,2-5,8,16H2,1H3. The Morgan fingerprint density at radius 3 is 2.48 bits per heavy atom. The molecule has 1 atom stereocenters. The van der Waals surface area contributed by atoms with Crippen molar-refractivity contribution in [1.29, 1.82) is 0 Å². The molecule has 6 nitrogen and oxygen atoms in total. The molecule has 9 heteroatoms. The average molecular weight is 305 g/mol. The van der Waals surface area contributed by atoms with Crippen molar-refractivity contribution in [2.24, 2.45) is 12.8 Å². The number of nitrogens with zero attached hydrogens (tertiary/aromatic N) is 4. The Kier molecular flexibility index (Phi) is 4.52. The van der Waals surface area contributed by atoms with E-state index in [4.69, 9.17) is 5.73 Å². The van der Waals surface area contributed by atoms with Gasteiger partial charge in [-0.25, -0.2) is 0 Å². The van der Waals surface area contributed by atoms with Gasteiger partial charge in [0.05, 0.1) is 12.7 Å². The first-order valence-corrected chi connectivity index (χ1v) is 6.58. The summed E-state index contributed by atoms with van der Waals surface area (Å²) in [5, 5.41) is 3.95. The molecule has 0 aromatic carbocycles. The van der Waals surface area contributed by atoms with E-state index in [2.05, 4.69) is 5.10 Å². The van der Waals surface area contributed by atoms with Gasteiger partial charge in [0.25, 0.3) is 0 Å². The lowest BCUT2D eigenvalue weighted by molar-refractivity contribution is -0.152. The van der Waals surface area contributed by atoms with Gasteiger partial charge in [0.1, 0.15) is 6.04 Å². The minimum atomic E-state index is -4.21. The first-order valence-electron chi connectivity index (χ1n) is 6.58. The second kappa shape index (κ2) is 6.02. The van der Waals surface area contributed by atoms with Gasteiger partial charge in [0.15, 0.2) is 0 Å². The van der Waals surface area contributed by atoms with Gasteiger partial charge in [-0.15, -0.1) is 0 Å². The quantitative estimate of drug-likeness (QED) is 0.862. The van der Waals surface area contributed by atoms with Crippen molar-refractivity contribution in [3.05, 3.63) is 18.0 Å². The number of carbonyl (C=O) groups is 1. The molecule has 0 aliphatic carbocycles. The number of halogens is 3. The van der Waals surface area contributed by atoms with Crippen LogP contribution in [0.3, 0.4) is 0 Å². The number of aryl methyl sites for hydroxylation is 1. The van der Waals surface area contributed by atoms with Crippen LogP contribution in [0.1, 0.15) is 11.6 Å². The summed E-state index contributed by atoms with van der Waals surface area (Å²) in [4.78, 5) is 15.0. The maximum Gasteiger partial charge on any atom is 0.401 e. The van der Waals surface area contributed by atoms with Gasteiger partial charge in [-0.05, 0) is 0 Å². The van der Waals surface area contributed by atoms with Crippen LogP contribution in [0.2, 0.25) is 0 Å². The lowest BCUT2D eigenvalue weighted by Gasteiger charge is -2.36. The average Bonchev–Trinajstić information content (AvgIpc) is 2.83.